The highest BCUT2D eigenvalue weighted by molar-refractivity contribution is 7.13. The average molecular weight is 243 g/mol. The van der Waals surface area contributed by atoms with Crippen LogP contribution < -0.4 is 5.73 Å². The minimum absolute atomic E-state index is 0.134. The molecule has 0 aliphatic rings. The Hall–Kier alpha value is -1.63. The van der Waals surface area contributed by atoms with E-state index in [2.05, 4.69) is 10.1 Å². The van der Waals surface area contributed by atoms with Gasteiger partial charge in [-0.25, -0.2) is 9.78 Å². The number of thiazole rings is 1. The predicted octanol–water partition coefficient (Wildman–Crippen LogP) is 1.33. The fourth-order valence-electron chi connectivity index (χ4n) is 0.809. The molecule has 7 heteroatoms. The molecule has 0 radical (unpaired) electrons. The van der Waals surface area contributed by atoms with Crippen molar-refractivity contribution in [3.63, 3.8) is 0 Å². The van der Waals surface area contributed by atoms with Crippen molar-refractivity contribution in [1.29, 1.82) is 0 Å². The molecule has 0 saturated carbocycles. The van der Waals surface area contributed by atoms with Crippen LogP contribution in [0, 0.1) is 0 Å². The summed E-state index contributed by atoms with van der Waals surface area (Å²) in [5.74, 6) is -1.19. The first-order valence-corrected chi connectivity index (χ1v) is 5.61. The Labute approximate surface area is 96.7 Å². The summed E-state index contributed by atoms with van der Waals surface area (Å²) in [5, 5.41) is 14.3. The first kappa shape index (κ1) is 12.4. The molecule has 0 fully saturated rings. The second kappa shape index (κ2) is 5.45. The molecule has 3 N–H and O–H groups in total. The van der Waals surface area contributed by atoms with Crippen molar-refractivity contribution in [2.24, 2.45) is 5.16 Å². The fraction of sp³-hybridized carbons (Fsp3) is 0.444. The molecular formula is C9H13N3O3S. The van der Waals surface area contributed by atoms with E-state index in [9.17, 15) is 4.79 Å². The van der Waals surface area contributed by atoms with Gasteiger partial charge in [-0.1, -0.05) is 12.1 Å². The van der Waals surface area contributed by atoms with Gasteiger partial charge in [-0.2, -0.15) is 0 Å². The topological polar surface area (TPSA) is 97.8 Å². The van der Waals surface area contributed by atoms with Gasteiger partial charge in [-0.3, -0.25) is 0 Å². The Bertz CT molecular complexity index is 402. The highest BCUT2D eigenvalue weighted by atomic mass is 32.1. The standard InChI is InChI=1S/C9H13N3O3S/c1-3-5(2)15-12-7(8(13)14)6-4-16-9(10)11-6/h4-5H,3H2,1-2H3,(H2,10,11)(H,13,14). The molecule has 0 aromatic carbocycles. The number of nitrogen functional groups attached to an aromatic ring is 1. The van der Waals surface area contributed by atoms with E-state index >= 15 is 0 Å². The molecule has 1 heterocycles. The summed E-state index contributed by atoms with van der Waals surface area (Å²) in [6.45, 7) is 3.72. The van der Waals surface area contributed by atoms with Crippen molar-refractivity contribution in [3.05, 3.63) is 11.1 Å². The normalized spacial score (nSPS) is 13.5. The Morgan fingerprint density at radius 2 is 2.50 bits per heavy atom. The first-order valence-electron chi connectivity index (χ1n) is 4.73. The number of carboxylic acid groups (broad SMARTS) is 1. The van der Waals surface area contributed by atoms with Crippen LogP contribution in [0.4, 0.5) is 5.13 Å². The molecule has 0 aliphatic carbocycles. The zero-order chi connectivity index (χ0) is 12.1. The third-order valence-corrected chi connectivity index (χ3v) is 2.54. The zero-order valence-electron chi connectivity index (χ0n) is 9.01. The molecule has 1 rings (SSSR count). The molecule has 0 bridgehead atoms. The maximum atomic E-state index is 10.9. The van der Waals surface area contributed by atoms with E-state index in [-0.39, 0.29) is 17.5 Å². The molecule has 16 heavy (non-hydrogen) atoms. The average Bonchev–Trinajstić information content (AvgIpc) is 2.64. The van der Waals surface area contributed by atoms with Gasteiger partial charge in [0.05, 0.1) is 0 Å². The van der Waals surface area contributed by atoms with Crippen molar-refractivity contribution < 1.29 is 14.7 Å². The van der Waals surface area contributed by atoms with E-state index in [0.29, 0.717) is 5.13 Å². The van der Waals surface area contributed by atoms with Crippen molar-refractivity contribution in [1.82, 2.24) is 4.98 Å². The van der Waals surface area contributed by atoms with E-state index < -0.39 is 5.97 Å². The molecule has 0 spiro atoms. The molecule has 0 saturated heterocycles. The van der Waals surface area contributed by atoms with E-state index in [1.165, 1.54) is 5.38 Å². The minimum Gasteiger partial charge on any atom is -0.476 e. The molecule has 0 amide bonds. The number of hydrogen-bond acceptors (Lipinski definition) is 6. The molecular weight excluding hydrogens is 230 g/mol. The summed E-state index contributed by atoms with van der Waals surface area (Å²) in [6.07, 6.45) is 0.612. The molecule has 88 valence electrons. The summed E-state index contributed by atoms with van der Waals surface area (Å²) in [5.41, 5.74) is 5.41. The SMILES string of the molecule is CCC(C)ON=C(C(=O)O)c1csc(N)n1. The van der Waals surface area contributed by atoms with Gasteiger partial charge >= 0.3 is 5.97 Å². The Morgan fingerprint density at radius 3 is 2.94 bits per heavy atom. The number of nitrogens with zero attached hydrogens (tertiary/aromatic N) is 2. The second-order valence-corrected chi connectivity index (χ2v) is 4.03. The van der Waals surface area contributed by atoms with Crippen LogP contribution in [-0.4, -0.2) is 27.9 Å². The quantitative estimate of drug-likeness (QED) is 0.600. The lowest BCUT2D eigenvalue weighted by atomic mass is 10.3. The Morgan fingerprint density at radius 1 is 1.81 bits per heavy atom. The van der Waals surface area contributed by atoms with Gasteiger partial charge in [0.25, 0.3) is 0 Å². The number of nitrogens with two attached hydrogens (primary N) is 1. The second-order valence-electron chi connectivity index (χ2n) is 3.14. The lowest BCUT2D eigenvalue weighted by Gasteiger charge is -2.06. The highest BCUT2D eigenvalue weighted by Crippen LogP contribution is 2.12. The Kier molecular flexibility index (Phi) is 4.24. The molecule has 1 aromatic rings. The van der Waals surface area contributed by atoms with E-state index in [1.807, 2.05) is 6.92 Å². The predicted molar refractivity (Wildman–Crippen MR) is 61.5 cm³/mol. The zero-order valence-corrected chi connectivity index (χ0v) is 9.82. The monoisotopic (exact) mass is 243 g/mol. The van der Waals surface area contributed by atoms with Crippen LogP contribution in [0.5, 0.6) is 0 Å². The summed E-state index contributed by atoms with van der Waals surface area (Å²) in [7, 11) is 0. The van der Waals surface area contributed by atoms with Crippen molar-refractivity contribution in [2.75, 3.05) is 5.73 Å². The fourth-order valence-corrected chi connectivity index (χ4v) is 1.36. The largest absolute Gasteiger partial charge is 0.476 e. The third kappa shape index (κ3) is 3.20. The van der Waals surface area contributed by atoms with Crippen molar-refractivity contribution >= 4 is 28.1 Å². The van der Waals surface area contributed by atoms with Gasteiger partial charge in [-0.05, 0) is 13.3 Å². The van der Waals surface area contributed by atoms with Gasteiger partial charge in [0.15, 0.2) is 5.13 Å². The van der Waals surface area contributed by atoms with Crippen LogP contribution in [0.1, 0.15) is 26.0 Å². The number of aromatic nitrogens is 1. The number of carboxylic acids is 1. The van der Waals surface area contributed by atoms with Gasteiger partial charge in [0.2, 0.25) is 5.71 Å². The maximum absolute atomic E-state index is 10.9. The van der Waals surface area contributed by atoms with Crippen molar-refractivity contribution in [3.8, 4) is 0 Å². The van der Waals surface area contributed by atoms with Gasteiger partial charge in [0, 0.05) is 5.38 Å². The molecule has 0 aliphatic heterocycles. The van der Waals surface area contributed by atoms with Crippen molar-refractivity contribution in [2.45, 2.75) is 26.4 Å². The van der Waals surface area contributed by atoms with Crippen LogP contribution in [0.3, 0.4) is 0 Å². The smallest absolute Gasteiger partial charge is 0.360 e. The Balaban J connectivity index is 2.87. The summed E-state index contributed by atoms with van der Waals surface area (Å²) in [6, 6.07) is 0. The molecule has 1 unspecified atom stereocenters. The van der Waals surface area contributed by atoms with Crippen LogP contribution in [0.15, 0.2) is 10.5 Å². The van der Waals surface area contributed by atoms with Gasteiger partial charge < -0.3 is 15.7 Å². The highest BCUT2D eigenvalue weighted by Gasteiger charge is 2.17. The number of rotatable bonds is 5. The van der Waals surface area contributed by atoms with Gasteiger partial charge in [-0.15, -0.1) is 11.3 Å². The van der Waals surface area contributed by atoms with E-state index in [1.54, 1.807) is 6.92 Å². The van der Waals surface area contributed by atoms with Crippen LogP contribution in [-0.2, 0) is 9.63 Å². The van der Waals surface area contributed by atoms with Crippen LogP contribution in [0.2, 0.25) is 0 Å². The third-order valence-electron chi connectivity index (χ3n) is 1.87. The number of hydrogen-bond donors (Lipinski definition) is 2. The molecule has 1 atom stereocenters. The summed E-state index contributed by atoms with van der Waals surface area (Å²) in [4.78, 5) is 19.8. The lowest BCUT2D eigenvalue weighted by Crippen LogP contribution is -2.17. The number of aliphatic carboxylic acids is 1. The first-order chi connectivity index (χ1) is 7.54. The minimum atomic E-state index is -1.19. The maximum Gasteiger partial charge on any atom is 0.360 e. The van der Waals surface area contributed by atoms with Gasteiger partial charge in [0.1, 0.15) is 11.8 Å². The number of carbonyl (C=O) groups is 1. The van der Waals surface area contributed by atoms with Crippen LogP contribution >= 0.6 is 11.3 Å². The van der Waals surface area contributed by atoms with E-state index in [0.717, 1.165) is 17.8 Å². The summed E-state index contributed by atoms with van der Waals surface area (Å²) >= 11 is 1.16. The lowest BCUT2D eigenvalue weighted by molar-refractivity contribution is -0.129. The number of anilines is 1. The number of oxime groups is 1. The van der Waals surface area contributed by atoms with Crippen LogP contribution in [0.25, 0.3) is 0 Å². The molecule has 1 aromatic heterocycles. The van der Waals surface area contributed by atoms with E-state index in [4.69, 9.17) is 15.7 Å². The molecule has 6 nitrogen and oxygen atoms in total. The summed E-state index contributed by atoms with van der Waals surface area (Å²) < 4.78 is 0.